The van der Waals surface area contributed by atoms with Gasteiger partial charge < -0.3 is 5.32 Å². The Morgan fingerprint density at radius 3 is 2.59 bits per heavy atom. The van der Waals surface area contributed by atoms with Crippen molar-refractivity contribution in [2.24, 2.45) is 0 Å². The van der Waals surface area contributed by atoms with E-state index in [0.717, 1.165) is 38.4 Å². The van der Waals surface area contributed by atoms with Crippen molar-refractivity contribution >= 4 is 24.0 Å². The number of benzene rings is 1. The van der Waals surface area contributed by atoms with Gasteiger partial charge in [-0.25, -0.2) is 0 Å². The van der Waals surface area contributed by atoms with E-state index in [9.17, 15) is 13.2 Å². The molecule has 2 unspecified atom stereocenters. The molecule has 1 aromatic rings. The Morgan fingerprint density at radius 2 is 1.86 bits per heavy atom. The van der Waals surface area contributed by atoms with Gasteiger partial charge in [0.1, 0.15) is 0 Å². The van der Waals surface area contributed by atoms with Crippen LogP contribution >= 0.6 is 24.0 Å². The largest absolute Gasteiger partial charge is 0.416 e. The summed E-state index contributed by atoms with van der Waals surface area (Å²) in [6, 6.07) is 4.76. The lowest BCUT2D eigenvalue weighted by molar-refractivity contribution is -0.137. The lowest BCUT2D eigenvalue weighted by Crippen LogP contribution is -2.37. The number of alkyl halides is 3. The molecule has 7 heteroatoms. The molecule has 0 amide bonds. The third-order valence-corrected chi connectivity index (χ3v) is 4.67. The zero-order valence-corrected chi connectivity index (χ0v) is 13.6. The van der Waals surface area contributed by atoms with Gasteiger partial charge in [-0.05, 0) is 49.6 Å². The van der Waals surface area contributed by atoms with Crippen molar-refractivity contribution in [3.8, 4) is 0 Å². The molecule has 0 radical (unpaired) electrons. The molecule has 2 heterocycles. The summed E-state index contributed by atoms with van der Waals surface area (Å²) in [5.41, 5.74) is -0.0149. The highest BCUT2D eigenvalue weighted by molar-refractivity contribution is 6.30. The summed E-state index contributed by atoms with van der Waals surface area (Å²) in [6.45, 7) is 2.45. The fourth-order valence-electron chi connectivity index (χ4n) is 3.46. The first-order valence-electron chi connectivity index (χ1n) is 7.26. The van der Waals surface area contributed by atoms with Crippen LogP contribution in [-0.4, -0.2) is 30.1 Å². The summed E-state index contributed by atoms with van der Waals surface area (Å²) in [6.07, 6.45) is -1.04. The average Bonchev–Trinajstić information content (AvgIpc) is 2.61. The molecule has 2 aliphatic rings. The van der Waals surface area contributed by atoms with E-state index in [4.69, 9.17) is 11.6 Å². The monoisotopic (exact) mass is 354 g/mol. The quantitative estimate of drug-likeness (QED) is 0.859. The van der Waals surface area contributed by atoms with Gasteiger partial charge in [0.15, 0.2) is 0 Å². The van der Waals surface area contributed by atoms with Crippen molar-refractivity contribution < 1.29 is 13.2 Å². The molecule has 1 aromatic carbocycles. The van der Waals surface area contributed by atoms with Crippen molar-refractivity contribution in [2.45, 2.75) is 44.1 Å². The predicted octanol–water partition coefficient (Wildman–Crippen LogP) is 4.11. The summed E-state index contributed by atoms with van der Waals surface area (Å²) in [4.78, 5) is 2.34. The predicted molar refractivity (Wildman–Crippen MR) is 83.5 cm³/mol. The molecule has 2 saturated heterocycles. The van der Waals surface area contributed by atoms with Gasteiger partial charge in [0, 0.05) is 30.2 Å². The van der Waals surface area contributed by atoms with Crippen LogP contribution in [0.25, 0.3) is 0 Å². The molecule has 2 aliphatic heterocycles. The van der Waals surface area contributed by atoms with Crippen LogP contribution in [0.4, 0.5) is 13.2 Å². The highest BCUT2D eigenvalue weighted by atomic mass is 35.5. The molecular weight excluding hydrogens is 336 g/mol. The van der Waals surface area contributed by atoms with E-state index in [1.807, 2.05) is 0 Å². The van der Waals surface area contributed by atoms with Gasteiger partial charge in [-0.3, -0.25) is 4.90 Å². The van der Waals surface area contributed by atoms with Crippen LogP contribution in [0, 0.1) is 0 Å². The minimum Gasteiger partial charge on any atom is -0.315 e. The average molecular weight is 355 g/mol. The molecule has 3 rings (SSSR count). The first kappa shape index (κ1) is 17.9. The third kappa shape index (κ3) is 3.88. The summed E-state index contributed by atoms with van der Waals surface area (Å²) in [5, 5.41) is 3.55. The van der Waals surface area contributed by atoms with Crippen molar-refractivity contribution in [3.63, 3.8) is 0 Å². The standard InChI is InChI=1S/C15H18ClF3N2.ClH/c16-12-6-10(5-11(7-12)15(17,18)19)9-21-13-1-2-14(21)8-20-4-3-13;/h5-7,13-14,20H,1-4,8-9H2;1H. The minimum atomic E-state index is -4.35. The van der Waals surface area contributed by atoms with E-state index in [1.165, 1.54) is 6.07 Å². The third-order valence-electron chi connectivity index (χ3n) is 4.46. The van der Waals surface area contributed by atoms with Crippen LogP contribution in [0.1, 0.15) is 30.4 Å². The molecule has 0 saturated carbocycles. The van der Waals surface area contributed by atoms with Crippen LogP contribution in [0.2, 0.25) is 5.02 Å². The number of hydrogen-bond acceptors (Lipinski definition) is 2. The molecule has 0 spiro atoms. The Balaban J connectivity index is 0.00000176. The maximum absolute atomic E-state index is 12.9. The van der Waals surface area contributed by atoms with Gasteiger partial charge >= 0.3 is 6.18 Å². The highest BCUT2D eigenvalue weighted by Crippen LogP contribution is 2.34. The molecule has 22 heavy (non-hydrogen) atoms. The Kier molecular flexibility index (Phi) is 5.64. The SMILES string of the molecule is Cl.FC(F)(F)c1cc(Cl)cc(CN2C3CCNCC2CC3)c1. The summed E-state index contributed by atoms with van der Waals surface area (Å²) in [7, 11) is 0. The van der Waals surface area contributed by atoms with Crippen LogP contribution in [0.15, 0.2) is 18.2 Å². The zero-order valence-electron chi connectivity index (χ0n) is 12.0. The van der Waals surface area contributed by atoms with Crippen LogP contribution in [0.3, 0.4) is 0 Å². The molecule has 2 bridgehead atoms. The Bertz CT molecular complexity index is 508. The first-order chi connectivity index (χ1) is 9.93. The van der Waals surface area contributed by atoms with Crippen molar-refractivity contribution in [3.05, 3.63) is 34.3 Å². The Labute approximate surface area is 139 Å². The Hall–Kier alpha value is -0.490. The number of hydrogen-bond donors (Lipinski definition) is 1. The molecule has 1 N–H and O–H groups in total. The second kappa shape index (κ2) is 6.95. The second-order valence-corrected chi connectivity index (χ2v) is 6.33. The maximum Gasteiger partial charge on any atom is 0.416 e. The summed E-state index contributed by atoms with van der Waals surface area (Å²) < 4.78 is 38.6. The fraction of sp³-hybridized carbons (Fsp3) is 0.600. The zero-order chi connectivity index (χ0) is 15.0. The molecular formula is C15H19Cl2F3N2. The van der Waals surface area contributed by atoms with Crippen LogP contribution in [-0.2, 0) is 12.7 Å². The van der Waals surface area contributed by atoms with Gasteiger partial charge in [0.05, 0.1) is 5.56 Å². The van der Waals surface area contributed by atoms with E-state index in [2.05, 4.69) is 10.2 Å². The van der Waals surface area contributed by atoms with E-state index < -0.39 is 11.7 Å². The van der Waals surface area contributed by atoms with Crippen molar-refractivity contribution in [1.29, 1.82) is 0 Å². The molecule has 2 fully saturated rings. The van der Waals surface area contributed by atoms with Gasteiger partial charge in [-0.15, -0.1) is 12.4 Å². The summed E-state index contributed by atoms with van der Waals surface area (Å²) in [5.74, 6) is 0. The molecule has 2 nitrogen and oxygen atoms in total. The minimum absolute atomic E-state index is 0. The van der Waals surface area contributed by atoms with Crippen LogP contribution in [0.5, 0.6) is 0 Å². The van der Waals surface area contributed by atoms with Gasteiger partial charge in [-0.2, -0.15) is 13.2 Å². The number of nitrogens with one attached hydrogen (secondary N) is 1. The van der Waals surface area contributed by atoms with E-state index in [0.29, 0.717) is 24.2 Å². The maximum atomic E-state index is 12.9. The highest BCUT2D eigenvalue weighted by Gasteiger charge is 2.35. The van der Waals surface area contributed by atoms with E-state index in [-0.39, 0.29) is 17.4 Å². The molecule has 2 atom stereocenters. The first-order valence-corrected chi connectivity index (χ1v) is 7.64. The lowest BCUT2D eigenvalue weighted by Gasteiger charge is -2.28. The van der Waals surface area contributed by atoms with Gasteiger partial charge in [-0.1, -0.05) is 11.6 Å². The molecule has 0 aliphatic carbocycles. The van der Waals surface area contributed by atoms with Gasteiger partial charge in [0.2, 0.25) is 0 Å². The summed E-state index contributed by atoms with van der Waals surface area (Å²) >= 11 is 5.86. The molecule has 124 valence electrons. The number of fused-ring (bicyclic) bond motifs is 2. The van der Waals surface area contributed by atoms with Crippen LogP contribution < -0.4 is 5.32 Å². The topological polar surface area (TPSA) is 15.3 Å². The molecule has 0 aromatic heterocycles. The number of nitrogens with zero attached hydrogens (tertiary/aromatic N) is 1. The van der Waals surface area contributed by atoms with E-state index in [1.54, 1.807) is 6.07 Å². The number of halogens is 5. The van der Waals surface area contributed by atoms with Gasteiger partial charge in [0.25, 0.3) is 0 Å². The normalized spacial score (nSPS) is 25.6. The van der Waals surface area contributed by atoms with Crippen molar-refractivity contribution in [2.75, 3.05) is 13.1 Å². The lowest BCUT2D eigenvalue weighted by atomic mass is 10.1. The Morgan fingerprint density at radius 1 is 1.14 bits per heavy atom. The fourth-order valence-corrected chi connectivity index (χ4v) is 3.71. The number of rotatable bonds is 2. The second-order valence-electron chi connectivity index (χ2n) is 5.90. The van der Waals surface area contributed by atoms with E-state index >= 15 is 0 Å². The van der Waals surface area contributed by atoms with Crippen molar-refractivity contribution in [1.82, 2.24) is 10.2 Å². The smallest absolute Gasteiger partial charge is 0.315 e.